The Labute approximate surface area is 135 Å². The van der Waals surface area contributed by atoms with Crippen molar-refractivity contribution < 1.29 is 18.5 Å². The van der Waals surface area contributed by atoms with Gasteiger partial charge in [-0.05, 0) is 36.5 Å². The van der Waals surface area contributed by atoms with Crippen LogP contribution >= 0.6 is 15.9 Å². The third-order valence-corrected chi connectivity index (χ3v) is 5.79. The van der Waals surface area contributed by atoms with Crippen LogP contribution in [-0.4, -0.2) is 30.2 Å². The van der Waals surface area contributed by atoms with Crippen LogP contribution in [0.5, 0.6) is 5.75 Å². The SMILES string of the molecule is COC(=O)CC1(CS(=O)Cc2cc(Br)ccc2OC)CC1. The zero-order chi connectivity index (χ0) is 15.5. The van der Waals surface area contributed by atoms with Crippen molar-refractivity contribution >= 4 is 32.7 Å². The highest BCUT2D eigenvalue weighted by Crippen LogP contribution is 2.49. The molecular formula is C15H19BrO4S. The van der Waals surface area contributed by atoms with Crippen molar-refractivity contribution in [2.24, 2.45) is 5.41 Å². The Bertz CT molecular complexity index is 555. The molecule has 0 aromatic heterocycles. The summed E-state index contributed by atoms with van der Waals surface area (Å²) in [4.78, 5) is 11.4. The molecule has 1 aliphatic rings. The minimum atomic E-state index is -1.03. The van der Waals surface area contributed by atoms with E-state index in [-0.39, 0.29) is 11.4 Å². The van der Waals surface area contributed by atoms with Gasteiger partial charge in [-0.3, -0.25) is 9.00 Å². The molecule has 21 heavy (non-hydrogen) atoms. The van der Waals surface area contributed by atoms with Gasteiger partial charge in [0.25, 0.3) is 0 Å². The smallest absolute Gasteiger partial charge is 0.306 e. The van der Waals surface area contributed by atoms with E-state index in [4.69, 9.17) is 9.47 Å². The Morgan fingerprint density at radius 1 is 1.38 bits per heavy atom. The molecule has 0 N–H and O–H groups in total. The average molecular weight is 375 g/mol. The maximum absolute atomic E-state index is 12.4. The van der Waals surface area contributed by atoms with E-state index in [0.29, 0.717) is 17.9 Å². The first-order chi connectivity index (χ1) is 9.98. The Morgan fingerprint density at radius 3 is 2.67 bits per heavy atom. The summed E-state index contributed by atoms with van der Waals surface area (Å²) in [7, 11) is 1.97. The van der Waals surface area contributed by atoms with Gasteiger partial charge >= 0.3 is 5.97 Å². The maximum atomic E-state index is 12.4. The topological polar surface area (TPSA) is 52.6 Å². The van der Waals surface area contributed by atoms with Crippen LogP contribution in [0.25, 0.3) is 0 Å². The summed E-state index contributed by atoms with van der Waals surface area (Å²) in [6, 6.07) is 5.68. The molecule has 2 rings (SSSR count). The minimum absolute atomic E-state index is 0.114. The van der Waals surface area contributed by atoms with Gasteiger partial charge in [0.05, 0.1) is 26.4 Å². The van der Waals surface area contributed by atoms with Crippen LogP contribution in [0.1, 0.15) is 24.8 Å². The molecule has 1 atom stereocenters. The van der Waals surface area contributed by atoms with Gasteiger partial charge in [0, 0.05) is 26.6 Å². The molecule has 4 nitrogen and oxygen atoms in total. The summed E-state index contributed by atoms with van der Waals surface area (Å²) < 4.78 is 23.4. The van der Waals surface area contributed by atoms with Crippen LogP contribution < -0.4 is 4.74 Å². The Morgan fingerprint density at radius 2 is 2.10 bits per heavy atom. The predicted molar refractivity (Wildman–Crippen MR) is 85.7 cm³/mol. The van der Waals surface area contributed by atoms with Crippen molar-refractivity contribution in [3.8, 4) is 5.75 Å². The lowest BCUT2D eigenvalue weighted by Gasteiger charge is -2.14. The monoisotopic (exact) mass is 374 g/mol. The normalized spacial score (nSPS) is 17.1. The van der Waals surface area contributed by atoms with Crippen LogP contribution in [0.2, 0.25) is 0 Å². The minimum Gasteiger partial charge on any atom is -0.496 e. The number of ether oxygens (including phenoxy) is 2. The van der Waals surface area contributed by atoms with Crippen molar-refractivity contribution in [2.45, 2.75) is 25.0 Å². The first-order valence-corrected chi connectivity index (χ1v) is 9.00. The van der Waals surface area contributed by atoms with Crippen LogP contribution in [0.4, 0.5) is 0 Å². The quantitative estimate of drug-likeness (QED) is 0.688. The molecule has 0 radical (unpaired) electrons. The molecule has 0 aliphatic heterocycles. The molecule has 116 valence electrons. The number of rotatable bonds is 7. The number of hydrogen-bond donors (Lipinski definition) is 0. The van der Waals surface area contributed by atoms with E-state index < -0.39 is 10.8 Å². The van der Waals surface area contributed by atoms with E-state index in [1.807, 2.05) is 18.2 Å². The number of benzene rings is 1. The van der Waals surface area contributed by atoms with Crippen molar-refractivity contribution in [2.75, 3.05) is 20.0 Å². The summed E-state index contributed by atoms with van der Waals surface area (Å²) in [5.74, 6) is 1.50. The molecule has 0 bridgehead atoms. The lowest BCUT2D eigenvalue weighted by atomic mass is 10.1. The van der Waals surface area contributed by atoms with E-state index >= 15 is 0 Å². The largest absolute Gasteiger partial charge is 0.496 e. The van der Waals surface area contributed by atoms with Gasteiger partial charge < -0.3 is 9.47 Å². The summed E-state index contributed by atoms with van der Waals surface area (Å²) in [5.41, 5.74) is 0.802. The highest BCUT2D eigenvalue weighted by Gasteiger charge is 2.45. The second-order valence-electron chi connectivity index (χ2n) is 5.44. The molecule has 1 aromatic rings. The third-order valence-electron chi connectivity index (χ3n) is 3.73. The number of carbonyl (C=O) groups is 1. The highest BCUT2D eigenvalue weighted by molar-refractivity contribution is 9.10. The van der Waals surface area contributed by atoms with Crippen LogP contribution in [0.3, 0.4) is 0 Å². The summed E-state index contributed by atoms with van der Waals surface area (Å²) in [5, 5.41) is 0. The van der Waals surface area contributed by atoms with E-state index in [0.717, 1.165) is 28.6 Å². The zero-order valence-electron chi connectivity index (χ0n) is 12.2. The zero-order valence-corrected chi connectivity index (χ0v) is 14.6. The molecular weight excluding hydrogens is 356 g/mol. The Balaban J connectivity index is 1.99. The van der Waals surface area contributed by atoms with Gasteiger partial charge in [-0.15, -0.1) is 0 Å². The van der Waals surface area contributed by atoms with E-state index in [2.05, 4.69) is 15.9 Å². The molecule has 0 saturated heterocycles. The molecule has 0 spiro atoms. The lowest BCUT2D eigenvalue weighted by molar-refractivity contribution is -0.141. The predicted octanol–water partition coefficient (Wildman–Crippen LogP) is 3.05. The van der Waals surface area contributed by atoms with Crippen LogP contribution in [0, 0.1) is 5.41 Å². The van der Waals surface area contributed by atoms with E-state index in [1.54, 1.807) is 7.11 Å². The fraction of sp³-hybridized carbons (Fsp3) is 0.533. The van der Waals surface area contributed by atoms with Crippen LogP contribution in [-0.2, 0) is 26.1 Å². The van der Waals surface area contributed by atoms with Gasteiger partial charge in [-0.25, -0.2) is 0 Å². The molecule has 1 aromatic carbocycles. The lowest BCUT2D eigenvalue weighted by Crippen LogP contribution is -2.18. The van der Waals surface area contributed by atoms with Gasteiger partial charge in [-0.2, -0.15) is 0 Å². The standard InChI is InChI=1S/C15H19BrO4S/c1-19-13-4-3-12(16)7-11(13)9-21(18)10-15(5-6-15)8-14(17)20-2/h3-4,7H,5-6,8-10H2,1-2H3. The molecule has 1 aliphatic carbocycles. The summed E-state index contributed by atoms with van der Waals surface area (Å²) in [6.07, 6.45) is 2.26. The molecule has 1 unspecified atom stereocenters. The number of esters is 1. The average Bonchev–Trinajstić information content (AvgIpc) is 3.17. The first kappa shape index (κ1) is 16.5. The van der Waals surface area contributed by atoms with Crippen molar-refractivity contribution in [3.63, 3.8) is 0 Å². The molecule has 1 saturated carbocycles. The van der Waals surface area contributed by atoms with Gasteiger partial charge in [0.1, 0.15) is 5.75 Å². The van der Waals surface area contributed by atoms with Gasteiger partial charge in [-0.1, -0.05) is 15.9 Å². The third kappa shape index (κ3) is 4.54. The van der Waals surface area contributed by atoms with E-state index in [1.165, 1.54) is 7.11 Å². The van der Waals surface area contributed by atoms with Gasteiger partial charge in [0.15, 0.2) is 0 Å². The fourth-order valence-electron chi connectivity index (χ4n) is 2.35. The Kier molecular flexibility index (Phi) is 5.43. The second-order valence-corrected chi connectivity index (χ2v) is 7.81. The number of methoxy groups -OCH3 is 2. The fourth-order valence-corrected chi connectivity index (χ4v) is 4.51. The molecule has 6 heteroatoms. The molecule has 1 fully saturated rings. The van der Waals surface area contributed by atoms with Crippen molar-refractivity contribution in [1.29, 1.82) is 0 Å². The summed E-state index contributed by atoms with van der Waals surface area (Å²) >= 11 is 3.42. The van der Waals surface area contributed by atoms with Crippen molar-refractivity contribution in [3.05, 3.63) is 28.2 Å². The first-order valence-electron chi connectivity index (χ1n) is 6.72. The number of carbonyl (C=O) groups excluding carboxylic acids is 1. The van der Waals surface area contributed by atoms with Crippen LogP contribution in [0.15, 0.2) is 22.7 Å². The summed E-state index contributed by atoms with van der Waals surface area (Å²) in [6.45, 7) is 0. The molecule has 0 amide bonds. The second kappa shape index (κ2) is 6.92. The Hall–Kier alpha value is -0.880. The molecule has 0 heterocycles. The maximum Gasteiger partial charge on any atom is 0.306 e. The highest BCUT2D eigenvalue weighted by atomic mass is 79.9. The van der Waals surface area contributed by atoms with Gasteiger partial charge in [0.2, 0.25) is 0 Å². The number of hydrogen-bond acceptors (Lipinski definition) is 4. The van der Waals surface area contributed by atoms with E-state index in [9.17, 15) is 9.00 Å². The van der Waals surface area contributed by atoms with Crippen molar-refractivity contribution in [1.82, 2.24) is 0 Å². The number of halogens is 1.